The molecule has 7 heteroatoms. The summed E-state index contributed by atoms with van der Waals surface area (Å²) in [7, 11) is 0. The smallest absolute Gasteiger partial charge is 0.261 e. The summed E-state index contributed by atoms with van der Waals surface area (Å²) in [5.41, 5.74) is 1.79. The lowest BCUT2D eigenvalue weighted by atomic mass is 9.96. The number of hydrogen-bond acceptors (Lipinski definition) is 4. The molecule has 3 aromatic rings. The first-order chi connectivity index (χ1) is 12.6. The highest BCUT2D eigenvalue weighted by atomic mass is 35.5. The number of carbonyl (C=O) groups is 1. The van der Waals surface area contributed by atoms with Crippen LogP contribution in [-0.4, -0.2) is 10.9 Å². The summed E-state index contributed by atoms with van der Waals surface area (Å²) in [6.07, 6.45) is 5.33. The average molecular weight is 384 g/mol. The number of aryl methyl sites for hydroxylation is 1. The van der Waals surface area contributed by atoms with Crippen LogP contribution in [0.4, 0.5) is 5.00 Å². The van der Waals surface area contributed by atoms with Gasteiger partial charge in [0.15, 0.2) is 0 Å². The molecule has 1 aromatic carbocycles. The quantitative estimate of drug-likeness (QED) is 0.693. The number of H-pyrrole nitrogens is 1. The van der Waals surface area contributed by atoms with E-state index < -0.39 is 5.91 Å². The number of amides is 1. The van der Waals surface area contributed by atoms with Crippen LogP contribution in [-0.2, 0) is 12.8 Å². The van der Waals surface area contributed by atoms with Crippen LogP contribution < -0.4 is 10.7 Å². The van der Waals surface area contributed by atoms with Gasteiger partial charge in [0.1, 0.15) is 16.6 Å². The number of nitriles is 1. The van der Waals surface area contributed by atoms with E-state index in [1.165, 1.54) is 17.5 Å². The molecule has 1 aliphatic rings. The lowest BCUT2D eigenvalue weighted by Crippen LogP contribution is -2.21. The van der Waals surface area contributed by atoms with Gasteiger partial charge < -0.3 is 10.3 Å². The predicted molar refractivity (Wildman–Crippen MR) is 103 cm³/mol. The summed E-state index contributed by atoms with van der Waals surface area (Å²) in [5, 5.41) is 13.7. The third kappa shape index (κ3) is 2.79. The van der Waals surface area contributed by atoms with Gasteiger partial charge in [-0.1, -0.05) is 11.6 Å². The number of carbonyl (C=O) groups excluding carboxylic acids is 1. The molecule has 0 atom stereocenters. The van der Waals surface area contributed by atoms with Gasteiger partial charge in [-0.15, -0.1) is 11.3 Å². The van der Waals surface area contributed by atoms with Crippen molar-refractivity contribution in [1.82, 2.24) is 4.98 Å². The molecule has 2 N–H and O–H groups in total. The van der Waals surface area contributed by atoms with Crippen molar-refractivity contribution in [3.8, 4) is 6.07 Å². The third-order valence-corrected chi connectivity index (χ3v) is 6.04. The number of aromatic amines is 1. The fourth-order valence-electron chi connectivity index (χ4n) is 3.31. The zero-order chi connectivity index (χ0) is 18.3. The molecule has 0 spiro atoms. The highest BCUT2D eigenvalue weighted by Crippen LogP contribution is 2.37. The van der Waals surface area contributed by atoms with E-state index >= 15 is 0 Å². The molecule has 0 saturated heterocycles. The van der Waals surface area contributed by atoms with Crippen LogP contribution in [0.25, 0.3) is 10.9 Å². The standard InChI is InChI=1S/C19H14ClN3O2S/c20-10-5-6-12-15(7-10)22-9-14(17(12)24)18(25)23-19-13(8-21)11-3-1-2-4-16(11)26-19/h5-7,9H,1-4H2,(H,22,24)(H,23,25). The molecule has 0 saturated carbocycles. The Morgan fingerprint density at radius 1 is 1.31 bits per heavy atom. The molecular formula is C19H14ClN3O2S. The van der Waals surface area contributed by atoms with Crippen molar-refractivity contribution in [3.05, 3.63) is 61.2 Å². The molecule has 0 radical (unpaired) electrons. The number of nitrogens with one attached hydrogen (secondary N) is 2. The van der Waals surface area contributed by atoms with Crippen LogP contribution in [0.3, 0.4) is 0 Å². The molecule has 0 fully saturated rings. The Labute approximate surface area is 158 Å². The number of nitrogens with zero attached hydrogens (tertiary/aromatic N) is 1. The van der Waals surface area contributed by atoms with E-state index in [2.05, 4.69) is 16.4 Å². The number of anilines is 1. The second kappa shape index (κ2) is 6.60. The summed E-state index contributed by atoms with van der Waals surface area (Å²) in [5.74, 6) is -0.516. The minimum Gasteiger partial charge on any atom is -0.360 e. The molecule has 0 aliphatic heterocycles. The summed E-state index contributed by atoms with van der Waals surface area (Å²) in [6.45, 7) is 0. The number of thiophene rings is 1. The number of rotatable bonds is 2. The van der Waals surface area contributed by atoms with Gasteiger partial charge in [-0.25, -0.2) is 0 Å². The largest absolute Gasteiger partial charge is 0.360 e. The Morgan fingerprint density at radius 2 is 2.12 bits per heavy atom. The monoisotopic (exact) mass is 383 g/mol. The van der Waals surface area contributed by atoms with Gasteiger partial charge in [0.05, 0.1) is 11.1 Å². The zero-order valence-corrected chi connectivity index (χ0v) is 15.3. The van der Waals surface area contributed by atoms with Crippen molar-refractivity contribution in [2.75, 3.05) is 5.32 Å². The van der Waals surface area contributed by atoms with Gasteiger partial charge in [0.25, 0.3) is 5.91 Å². The van der Waals surface area contributed by atoms with E-state index in [1.54, 1.807) is 18.2 Å². The highest BCUT2D eigenvalue weighted by molar-refractivity contribution is 7.16. The van der Waals surface area contributed by atoms with Crippen LogP contribution in [0, 0.1) is 11.3 Å². The molecule has 0 bridgehead atoms. The van der Waals surface area contributed by atoms with Crippen LogP contribution in [0.5, 0.6) is 0 Å². The number of benzene rings is 1. The second-order valence-electron chi connectivity index (χ2n) is 6.20. The number of fused-ring (bicyclic) bond motifs is 2. The summed E-state index contributed by atoms with van der Waals surface area (Å²) < 4.78 is 0. The third-order valence-electron chi connectivity index (χ3n) is 4.60. The highest BCUT2D eigenvalue weighted by Gasteiger charge is 2.23. The SMILES string of the molecule is N#Cc1c(NC(=O)c2c[nH]c3cc(Cl)ccc3c2=O)sc2c1CCCC2. The maximum Gasteiger partial charge on any atom is 0.261 e. The molecule has 1 aliphatic carbocycles. The minimum atomic E-state index is -0.516. The Hall–Kier alpha value is -2.62. The van der Waals surface area contributed by atoms with Crippen LogP contribution in [0.15, 0.2) is 29.2 Å². The Balaban J connectivity index is 1.72. The van der Waals surface area contributed by atoms with Crippen LogP contribution in [0.2, 0.25) is 5.02 Å². The molecule has 4 rings (SSSR count). The van der Waals surface area contributed by atoms with Crippen molar-refractivity contribution in [2.24, 2.45) is 0 Å². The molecule has 2 heterocycles. The van der Waals surface area contributed by atoms with Crippen molar-refractivity contribution in [1.29, 1.82) is 5.26 Å². The van der Waals surface area contributed by atoms with E-state index in [9.17, 15) is 14.9 Å². The summed E-state index contributed by atoms with van der Waals surface area (Å²) in [6, 6.07) is 7.05. The lowest BCUT2D eigenvalue weighted by Gasteiger charge is -2.09. The molecule has 130 valence electrons. The second-order valence-corrected chi connectivity index (χ2v) is 7.74. The number of hydrogen-bond donors (Lipinski definition) is 2. The Morgan fingerprint density at radius 3 is 2.92 bits per heavy atom. The van der Waals surface area contributed by atoms with E-state index in [-0.39, 0.29) is 11.0 Å². The Kier molecular flexibility index (Phi) is 4.27. The van der Waals surface area contributed by atoms with Crippen LogP contribution in [0.1, 0.15) is 39.2 Å². The lowest BCUT2D eigenvalue weighted by molar-refractivity contribution is 0.102. The van der Waals surface area contributed by atoms with E-state index in [4.69, 9.17) is 11.6 Å². The van der Waals surface area contributed by atoms with Crippen molar-refractivity contribution in [3.63, 3.8) is 0 Å². The van der Waals surface area contributed by atoms with Crippen molar-refractivity contribution in [2.45, 2.75) is 25.7 Å². The first kappa shape index (κ1) is 16.8. The van der Waals surface area contributed by atoms with Gasteiger partial charge in [-0.05, 0) is 49.4 Å². The fourth-order valence-corrected chi connectivity index (χ4v) is 4.71. The molecular weight excluding hydrogens is 370 g/mol. The number of halogens is 1. The zero-order valence-electron chi connectivity index (χ0n) is 13.7. The molecule has 5 nitrogen and oxygen atoms in total. The average Bonchev–Trinajstić information content (AvgIpc) is 2.98. The normalized spacial score (nSPS) is 13.2. The molecule has 2 aromatic heterocycles. The topological polar surface area (TPSA) is 85.8 Å². The number of pyridine rings is 1. The summed E-state index contributed by atoms with van der Waals surface area (Å²) >= 11 is 7.37. The van der Waals surface area contributed by atoms with Gasteiger partial charge in [0, 0.05) is 21.5 Å². The summed E-state index contributed by atoms with van der Waals surface area (Å²) in [4.78, 5) is 29.4. The fraction of sp³-hybridized carbons (Fsp3) is 0.211. The number of aromatic nitrogens is 1. The molecule has 26 heavy (non-hydrogen) atoms. The van der Waals surface area contributed by atoms with Gasteiger partial charge in [-0.2, -0.15) is 5.26 Å². The van der Waals surface area contributed by atoms with Crippen molar-refractivity contribution >= 4 is 44.7 Å². The maximum absolute atomic E-state index is 12.7. The van der Waals surface area contributed by atoms with Crippen LogP contribution >= 0.6 is 22.9 Å². The molecule has 0 unspecified atom stereocenters. The molecule has 1 amide bonds. The van der Waals surface area contributed by atoms with E-state index in [0.717, 1.165) is 36.1 Å². The minimum absolute atomic E-state index is 0.00934. The first-order valence-electron chi connectivity index (χ1n) is 8.25. The van der Waals surface area contributed by atoms with E-state index in [1.807, 2.05) is 0 Å². The van der Waals surface area contributed by atoms with E-state index in [0.29, 0.717) is 26.5 Å². The first-order valence-corrected chi connectivity index (χ1v) is 9.45. The predicted octanol–water partition coefficient (Wildman–Crippen LogP) is 4.25. The van der Waals surface area contributed by atoms with Gasteiger partial charge >= 0.3 is 0 Å². The maximum atomic E-state index is 12.7. The van der Waals surface area contributed by atoms with Gasteiger partial charge in [0.2, 0.25) is 5.43 Å². The Bertz CT molecular complexity index is 1140. The van der Waals surface area contributed by atoms with Crippen molar-refractivity contribution < 1.29 is 4.79 Å². The van der Waals surface area contributed by atoms with Gasteiger partial charge in [-0.3, -0.25) is 9.59 Å².